The largest absolute Gasteiger partial charge is 0.493 e. The van der Waals surface area contributed by atoms with E-state index in [4.69, 9.17) is 30.7 Å². The molecule has 0 saturated carbocycles. The van der Waals surface area contributed by atoms with Crippen molar-refractivity contribution in [3.05, 3.63) is 53.4 Å². The van der Waals surface area contributed by atoms with Gasteiger partial charge in [0.25, 0.3) is 0 Å². The van der Waals surface area contributed by atoms with Gasteiger partial charge in [-0.3, -0.25) is 0 Å². The van der Waals surface area contributed by atoms with Gasteiger partial charge < -0.3 is 19.3 Å². The maximum Gasteiger partial charge on any atom is 0.160 e. The highest BCUT2D eigenvalue weighted by molar-refractivity contribution is 5.42. The van der Waals surface area contributed by atoms with Crippen molar-refractivity contribution in [3.8, 4) is 17.2 Å². The Bertz CT molecular complexity index is 1150. The zero-order chi connectivity index (χ0) is 28.7. The van der Waals surface area contributed by atoms with Gasteiger partial charge in [-0.1, -0.05) is 24.5 Å². The van der Waals surface area contributed by atoms with Gasteiger partial charge in [0.05, 0.1) is 31.3 Å². The Morgan fingerprint density at radius 2 is 1.96 bits per heavy atom. The van der Waals surface area contributed by atoms with Gasteiger partial charge in [-0.2, -0.15) is 0 Å². The van der Waals surface area contributed by atoms with Crippen LogP contribution in [0.5, 0.6) is 17.2 Å². The summed E-state index contributed by atoms with van der Waals surface area (Å²) in [7, 11) is 2.33. The first-order valence-electron chi connectivity index (χ1n) is 13.5. The molecule has 0 aliphatic rings. The molecule has 2 rings (SSSR count). The highest BCUT2D eigenvalue weighted by Gasteiger charge is 2.07. The van der Waals surface area contributed by atoms with Crippen LogP contribution in [0, 0.1) is 6.92 Å². The molecule has 0 heterocycles. The highest BCUT2D eigenvalue weighted by Crippen LogP contribution is 2.28. The molecule has 0 spiro atoms. The van der Waals surface area contributed by atoms with Gasteiger partial charge in [-0.25, -0.2) is 0 Å². The molecule has 0 amide bonds. The number of hydrogen-bond donors (Lipinski definition) is 1. The second kappa shape index (κ2) is 9.94. The summed E-state index contributed by atoms with van der Waals surface area (Å²) in [5, 5.41) is 10.5. The fraction of sp³-hybridized carbons (Fsp3) is 0.429. The highest BCUT2D eigenvalue weighted by atomic mass is 16.5. The molecule has 136 valence electrons. The van der Waals surface area contributed by atoms with Crippen LogP contribution in [-0.2, 0) is 6.37 Å². The molecule has 0 radical (unpaired) electrons. The van der Waals surface area contributed by atoms with E-state index in [1.54, 1.807) is 0 Å². The van der Waals surface area contributed by atoms with Crippen molar-refractivity contribution in [1.82, 2.24) is 0 Å². The average molecular weight is 357 g/mol. The van der Waals surface area contributed by atoms with Gasteiger partial charge in [-0.15, -0.1) is 0 Å². The fourth-order valence-electron chi connectivity index (χ4n) is 1.80. The summed E-state index contributed by atoms with van der Waals surface area (Å²) in [6, 6.07) is -3.81. The molecule has 0 saturated heterocycles. The Morgan fingerprint density at radius 3 is 2.72 bits per heavy atom. The van der Waals surface area contributed by atoms with Crippen LogP contribution < -0.4 is 14.2 Å². The maximum absolute atomic E-state index is 10.5. The van der Waals surface area contributed by atoms with Crippen molar-refractivity contribution in [2.45, 2.75) is 38.6 Å². The number of ether oxygens (including phenoxy) is 3. The van der Waals surface area contributed by atoms with E-state index in [1.807, 2.05) is 0 Å². The second-order valence-electron chi connectivity index (χ2n) is 4.93. The molecule has 1 atom stereocenters. The zero-order valence-corrected chi connectivity index (χ0v) is 14.3. The molecule has 1 unspecified atom stereocenters. The molecule has 0 aliphatic heterocycles. The van der Waals surface area contributed by atoms with Crippen molar-refractivity contribution in [3.63, 3.8) is 0 Å². The van der Waals surface area contributed by atoms with Gasteiger partial charge >= 0.3 is 0 Å². The first-order chi connectivity index (χ1) is 16.9. The third-order valence-electron chi connectivity index (χ3n) is 3.02. The van der Waals surface area contributed by atoms with Crippen LogP contribution in [0.3, 0.4) is 0 Å². The Balaban J connectivity index is 2.32. The molecule has 1 N–H and O–H groups in total. The monoisotopic (exact) mass is 356 g/mol. The molecule has 2 aromatic carbocycles. The number of methoxy groups -OCH3 is 2. The molecule has 4 heteroatoms. The Hall–Kier alpha value is -2.20. The van der Waals surface area contributed by atoms with Gasteiger partial charge in [0.1, 0.15) is 12.4 Å². The zero-order valence-electron chi connectivity index (χ0n) is 26.3. The van der Waals surface area contributed by atoms with Crippen molar-refractivity contribution in [1.29, 1.82) is 0 Å². The summed E-state index contributed by atoms with van der Waals surface area (Å²) in [4.78, 5) is 0. The van der Waals surface area contributed by atoms with E-state index in [1.165, 1.54) is 14.0 Å². The quantitative estimate of drug-likeness (QED) is 0.694. The van der Waals surface area contributed by atoms with Crippen LogP contribution in [0.25, 0.3) is 0 Å². The standard InChI is InChI=1S/C21H28O4/c1-16-7-6-10-19(13-16)25-15-18(22)9-5-4-8-17-11-12-20(23-2)21(14-17)24-3/h6-7,10-14,18,22H,4-5,8-9,15H2,1-3H3/i4D2,6D,7D,8D2,10D,11D,12D,13D,14D,18D. The van der Waals surface area contributed by atoms with Crippen molar-refractivity contribution >= 4 is 0 Å². The van der Waals surface area contributed by atoms with Crippen LogP contribution in [0.2, 0.25) is 0 Å². The molecule has 0 aromatic heterocycles. The smallest absolute Gasteiger partial charge is 0.160 e. The number of rotatable bonds is 10. The molecule has 0 fully saturated rings. The lowest BCUT2D eigenvalue weighted by atomic mass is 10.0. The minimum atomic E-state index is -3.03. The lowest BCUT2D eigenvalue weighted by molar-refractivity contribution is 0.0976. The van der Waals surface area contributed by atoms with E-state index in [0.29, 0.717) is 0 Å². The predicted octanol–water partition coefficient (Wildman–Crippen LogP) is 4.16. The minimum absolute atomic E-state index is 0.0649. The van der Waals surface area contributed by atoms with E-state index < -0.39 is 79.8 Å². The number of aliphatic hydroxyl groups is 1. The normalized spacial score (nSPS) is 21.1. The van der Waals surface area contributed by atoms with E-state index in [-0.39, 0.29) is 29.1 Å². The molecule has 25 heavy (non-hydrogen) atoms. The summed E-state index contributed by atoms with van der Waals surface area (Å²) in [6.07, 6.45) is -9.86. The summed E-state index contributed by atoms with van der Waals surface area (Å²) in [5.41, 5.74) is -0.688. The average Bonchev–Trinajstić information content (AvgIpc) is 2.82. The Kier molecular flexibility index (Phi) is 3.36. The molecular formula is C21H28O4. The van der Waals surface area contributed by atoms with Crippen molar-refractivity contribution < 1.29 is 35.8 Å². The van der Waals surface area contributed by atoms with E-state index in [9.17, 15) is 5.11 Å². The van der Waals surface area contributed by atoms with Crippen molar-refractivity contribution in [2.24, 2.45) is 0 Å². The van der Waals surface area contributed by atoms with Gasteiger partial charge in [0.2, 0.25) is 0 Å². The van der Waals surface area contributed by atoms with E-state index in [2.05, 4.69) is 0 Å². The summed E-state index contributed by atoms with van der Waals surface area (Å²) >= 11 is 0. The topological polar surface area (TPSA) is 47.9 Å². The predicted molar refractivity (Wildman–Crippen MR) is 99.8 cm³/mol. The third kappa shape index (κ3) is 6.31. The van der Waals surface area contributed by atoms with Crippen LogP contribution in [-0.4, -0.2) is 32.0 Å². The Labute approximate surface area is 167 Å². The van der Waals surface area contributed by atoms with Gasteiger partial charge in [-0.05, 0) is 61.4 Å². The Morgan fingerprint density at radius 1 is 1.16 bits per heavy atom. The molecular weight excluding hydrogens is 316 g/mol. The number of hydrogen-bond acceptors (Lipinski definition) is 4. The first-order valence-corrected chi connectivity index (χ1v) is 7.50. The number of benzene rings is 2. The molecule has 2 aromatic rings. The maximum atomic E-state index is 10.5. The fourth-order valence-corrected chi connectivity index (χ4v) is 1.80. The van der Waals surface area contributed by atoms with Crippen LogP contribution in [0.4, 0.5) is 0 Å². The van der Waals surface area contributed by atoms with Crippen LogP contribution in [0.15, 0.2) is 42.3 Å². The lowest BCUT2D eigenvalue weighted by Gasteiger charge is -2.13. The van der Waals surface area contributed by atoms with E-state index in [0.717, 1.165) is 7.11 Å². The molecule has 0 aliphatic carbocycles. The molecule has 4 nitrogen and oxygen atoms in total. The SMILES string of the molecule is [2H]c1c([2H])c(C)c([2H])c(OCC([2H])(O)CCC([2H])([2H])C([2H])([2H])c2c([2H])c([2H])c(OC)c(OC)c2[2H])c1[2H]. The first kappa shape index (κ1) is 8.45. The minimum Gasteiger partial charge on any atom is -0.493 e. The van der Waals surface area contributed by atoms with Crippen molar-refractivity contribution in [2.75, 3.05) is 20.8 Å². The summed E-state index contributed by atoms with van der Waals surface area (Å²) in [5.74, 6) is -1.04. The van der Waals surface area contributed by atoms with Gasteiger partial charge in [0, 0.05) is 5.48 Å². The lowest BCUT2D eigenvalue weighted by Crippen LogP contribution is -2.17. The summed E-state index contributed by atoms with van der Waals surface area (Å²) < 4.78 is 113. The third-order valence-corrected chi connectivity index (χ3v) is 3.02. The summed E-state index contributed by atoms with van der Waals surface area (Å²) in [6.45, 7) is 0.538. The second-order valence-corrected chi connectivity index (χ2v) is 4.93. The van der Waals surface area contributed by atoms with E-state index >= 15 is 0 Å². The van der Waals surface area contributed by atoms with Gasteiger partial charge in [0.15, 0.2) is 11.5 Å². The molecule has 0 bridgehead atoms. The van der Waals surface area contributed by atoms with Crippen LogP contribution >= 0.6 is 0 Å². The van der Waals surface area contributed by atoms with Crippen LogP contribution in [0.1, 0.15) is 46.8 Å².